The first kappa shape index (κ1) is 23.1. The molecular weight excluding hydrogens is 334 g/mol. The van der Waals surface area contributed by atoms with Gasteiger partial charge in [-0.2, -0.15) is 0 Å². The molecule has 1 aliphatic carbocycles. The van der Waals surface area contributed by atoms with Crippen LogP contribution in [0.3, 0.4) is 0 Å². The predicted octanol–water partition coefficient (Wildman–Crippen LogP) is 2.88. The Bertz CT molecular complexity index is 392. The zero-order valence-electron chi connectivity index (χ0n) is 16.8. The Morgan fingerprint density at radius 2 is 1.62 bits per heavy atom. The maximum atomic E-state index is 11.7. The summed E-state index contributed by atoms with van der Waals surface area (Å²) < 4.78 is 16.9. The zero-order valence-corrected chi connectivity index (χ0v) is 16.8. The Morgan fingerprint density at radius 1 is 0.962 bits per heavy atom. The van der Waals surface area contributed by atoms with Crippen LogP contribution in [0.4, 0.5) is 0 Å². The molecule has 0 unspecified atom stereocenters. The van der Waals surface area contributed by atoms with Crippen molar-refractivity contribution in [3.63, 3.8) is 0 Å². The molecule has 1 rings (SSSR count). The molecule has 1 amide bonds. The second-order valence-corrected chi connectivity index (χ2v) is 7.16. The molecule has 152 valence electrons. The molecule has 6 heteroatoms. The maximum Gasteiger partial charge on any atom is 0.220 e. The fourth-order valence-corrected chi connectivity index (χ4v) is 3.00. The highest BCUT2D eigenvalue weighted by Gasteiger charge is 2.21. The number of nitrogens with one attached hydrogen (secondary N) is 1. The molecule has 6 nitrogen and oxygen atoms in total. The number of Topliss-reactive ketones (excluding diaryl/α,β-unsaturated/α-hetero) is 1. The van der Waals surface area contributed by atoms with Gasteiger partial charge in [0, 0.05) is 38.5 Å². The van der Waals surface area contributed by atoms with E-state index in [4.69, 9.17) is 14.2 Å². The van der Waals surface area contributed by atoms with Crippen molar-refractivity contribution in [1.82, 2.24) is 5.32 Å². The monoisotopic (exact) mass is 371 g/mol. The molecule has 1 N–H and O–H groups in total. The summed E-state index contributed by atoms with van der Waals surface area (Å²) in [6.45, 7) is 8.57. The minimum atomic E-state index is 0.0236. The van der Waals surface area contributed by atoms with E-state index in [9.17, 15) is 9.59 Å². The molecule has 0 aromatic rings. The molecule has 0 bridgehead atoms. The van der Waals surface area contributed by atoms with E-state index in [-0.39, 0.29) is 17.6 Å². The van der Waals surface area contributed by atoms with Gasteiger partial charge >= 0.3 is 0 Å². The summed E-state index contributed by atoms with van der Waals surface area (Å²) in [5.74, 6) is 0.288. The lowest BCUT2D eigenvalue weighted by atomic mass is 9.95. The molecular formula is C20H37NO5. The van der Waals surface area contributed by atoms with Gasteiger partial charge in [0.25, 0.3) is 0 Å². The summed E-state index contributed by atoms with van der Waals surface area (Å²) in [5.41, 5.74) is 0. The number of hydrogen-bond acceptors (Lipinski definition) is 5. The van der Waals surface area contributed by atoms with Crippen molar-refractivity contribution < 1.29 is 23.8 Å². The Balaban J connectivity index is 1.90. The van der Waals surface area contributed by atoms with Crippen molar-refractivity contribution in [2.75, 3.05) is 33.0 Å². The van der Waals surface area contributed by atoms with Gasteiger partial charge in [-0.05, 0) is 39.0 Å². The number of amides is 1. The summed E-state index contributed by atoms with van der Waals surface area (Å²) in [6, 6.07) is 0. The molecule has 1 saturated carbocycles. The first-order valence-electron chi connectivity index (χ1n) is 10.1. The summed E-state index contributed by atoms with van der Waals surface area (Å²) in [4.78, 5) is 23.2. The second-order valence-electron chi connectivity index (χ2n) is 7.16. The second kappa shape index (κ2) is 14.1. The van der Waals surface area contributed by atoms with E-state index >= 15 is 0 Å². The number of ketones is 1. The molecule has 0 radical (unpaired) electrons. The average molecular weight is 372 g/mol. The Morgan fingerprint density at radius 3 is 2.23 bits per heavy atom. The molecule has 1 fully saturated rings. The first-order chi connectivity index (χ1) is 12.5. The molecule has 0 saturated heterocycles. The maximum absolute atomic E-state index is 11.7. The van der Waals surface area contributed by atoms with Gasteiger partial charge in [-0.3, -0.25) is 9.59 Å². The zero-order chi connectivity index (χ0) is 19.2. The van der Waals surface area contributed by atoms with Gasteiger partial charge in [-0.1, -0.05) is 13.8 Å². The Labute approximate surface area is 158 Å². The van der Waals surface area contributed by atoms with Crippen LogP contribution in [0.25, 0.3) is 0 Å². The Hall–Kier alpha value is -0.980. The van der Waals surface area contributed by atoms with Crippen LogP contribution in [-0.2, 0) is 23.8 Å². The molecule has 0 heterocycles. The predicted molar refractivity (Wildman–Crippen MR) is 101 cm³/mol. The smallest absolute Gasteiger partial charge is 0.220 e. The van der Waals surface area contributed by atoms with Crippen LogP contribution in [-0.4, -0.2) is 56.9 Å². The van der Waals surface area contributed by atoms with Crippen molar-refractivity contribution >= 4 is 11.7 Å². The van der Waals surface area contributed by atoms with Gasteiger partial charge in [0.2, 0.25) is 5.91 Å². The molecule has 0 aliphatic heterocycles. The molecule has 0 aromatic carbocycles. The van der Waals surface area contributed by atoms with E-state index in [0.717, 1.165) is 38.7 Å². The number of rotatable bonds is 14. The normalized spacial score (nSPS) is 20.3. The lowest BCUT2D eigenvalue weighted by molar-refractivity contribution is -0.124. The molecule has 0 atom stereocenters. The van der Waals surface area contributed by atoms with E-state index in [0.29, 0.717) is 51.4 Å². The van der Waals surface area contributed by atoms with Crippen LogP contribution in [0.15, 0.2) is 0 Å². The Kier molecular flexibility index (Phi) is 12.5. The highest BCUT2D eigenvalue weighted by molar-refractivity contribution is 5.80. The van der Waals surface area contributed by atoms with Crippen LogP contribution in [0.2, 0.25) is 0 Å². The van der Waals surface area contributed by atoms with Gasteiger partial charge in [-0.15, -0.1) is 0 Å². The van der Waals surface area contributed by atoms with E-state index in [1.165, 1.54) is 0 Å². The largest absolute Gasteiger partial charge is 0.379 e. The molecule has 0 spiro atoms. The van der Waals surface area contributed by atoms with Crippen molar-refractivity contribution in [2.24, 2.45) is 5.92 Å². The van der Waals surface area contributed by atoms with Crippen LogP contribution in [0, 0.1) is 5.92 Å². The topological polar surface area (TPSA) is 73.9 Å². The fourth-order valence-electron chi connectivity index (χ4n) is 3.00. The van der Waals surface area contributed by atoms with Crippen molar-refractivity contribution in [2.45, 2.75) is 77.9 Å². The van der Waals surface area contributed by atoms with Crippen molar-refractivity contribution in [3.8, 4) is 0 Å². The molecule has 0 aromatic heterocycles. The number of hydrogen-bond donors (Lipinski definition) is 1. The number of ether oxygens (including phenoxy) is 3. The van der Waals surface area contributed by atoms with Crippen LogP contribution in [0.5, 0.6) is 0 Å². The third-order valence-corrected chi connectivity index (χ3v) is 4.63. The fraction of sp³-hybridized carbons (Fsp3) is 0.900. The van der Waals surface area contributed by atoms with Crippen LogP contribution in [0.1, 0.15) is 65.7 Å². The summed E-state index contributed by atoms with van der Waals surface area (Å²) >= 11 is 0. The summed E-state index contributed by atoms with van der Waals surface area (Å²) in [7, 11) is 0. The standard InChI is InChI=1S/C20H37NO5/c1-4-25-17-7-9-18(10-8-17)26-13-5-6-20(23)21-12-15-24-14-11-19(22)16(2)3/h16-18H,4-15H2,1-3H3,(H,21,23)/t17-,18-. The summed E-state index contributed by atoms with van der Waals surface area (Å²) in [5, 5.41) is 2.83. The average Bonchev–Trinajstić information content (AvgIpc) is 2.63. The lowest BCUT2D eigenvalue weighted by Gasteiger charge is -2.28. The minimum Gasteiger partial charge on any atom is -0.379 e. The van der Waals surface area contributed by atoms with Gasteiger partial charge in [0.15, 0.2) is 0 Å². The van der Waals surface area contributed by atoms with Crippen molar-refractivity contribution in [3.05, 3.63) is 0 Å². The lowest BCUT2D eigenvalue weighted by Crippen LogP contribution is -2.28. The SMILES string of the molecule is CCO[C@H]1CC[C@H](OCCCC(=O)NCCOCCC(=O)C(C)C)CC1. The summed E-state index contributed by atoms with van der Waals surface area (Å²) in [6.07, 6.45) is 6.61. The van der Waals surface area contributed by atoms with Gasteiger partial charge < -0.3 is 19.5 Å². The van der Waals surface area contributed by atoms with Gasteiger partial charge in [0.05, 0.1) is 25.4 Å². The van der Waals surface area contributed by atoms with Gasteiger partial charge in [0.1, 0.15) is 5.78 Å². The minimum absolute atomic E-state index is 0.0236. The molecule has 26 heavy (non-hydrogen) atoms. The highest BCUT2D eigenvalue weighted by atomic mass is 16.5. The van der Waals surface area contributed by atoms with E-state index < -0.39 is 0 Å². The van der Waals surface area contributed by atoms with E-state index in [1.807, 2.05) is 20.8 Å². The first-order valence-corrected chi connectivity index (χ1v) is 10.1. The highest BCUT2D eigenvalue weighted by Crippen LogP contribution is 2.23. The van der Waals surface area contributed by atoms with E-state index in [2.05, 4.69) is 5.32 Å². The van der Waals surface area contributed by atoms with Gasteiger partial charge in [-0.25, -0.2) is 0 Å². The number of carbonyl (C=O) groups is 2. The molecule has 1 aliphatic rings. The van der Waals surface area contributed by atoms with Crippen molar-refractivity contribution in [1.29, 1.82) is 0 Å². The quantitative estimate of drug-likeness (QED) is 0.475. The third-order valence-electron chi connectivity index (χ3n) is 4.63. The number of carbonyl (C=O) groups excluding carboxylic acids is 2. The van der Waals surface area contributed by atoms with Crippen LogP contribution >= 0.6 is 0 Å². The van der Waals surface area contributed by atoms with Crippen LogP contribution < -0.4 is 5.32 Å². The van der Waals surface area contributed by atoms with E-state index in [1.54, 1.807) is 0 Å². The third kappa shape index (κ3) is 10.9.